The number of carbonyl (C=O) groups is 1. The third-order valence-corrected chi connectivity index (χ3v) is 2.34. The van der Waals surface area contributed by atoms with Gasteiger partial charge in [0.05, 0.1) is 0 Å². The van der Waals surface area contributed by atoms with Crippen LogP contribution in [0.25, 0.3) is 0 Å². The zero-order valence-corrected chi connectivity index (χ0v) is 9.36. The topological polar surface area (TPSA) is 46.3 Å². The van der Waals surface area contributed by atoms with E-state index >= 15 is 0 Å². The predicted molar refractivity (Wildman–Crippen MR) is 62.9 cm³/mol. The van der Waals surface area contributed by atoms with Crippen LogP contribution in [0.4, 0.5) is 5.69 Å². The Balaban J connectivity index is 2.46. The van der Waals surface area contributed by atoms with Crippen molar-refractivity contribution in [1.29, 1.82) is 0 Å². The number of nitrogens with two attached hydrogens (primary N) is 1. The lowest BCUT2D eigenvalue weighted by Crippen LogP contribution is -2.10. The molecule has 1 aromatic carbocycles. The molecule has 0 aliphatic carbocycles. The molecule has 1 amide bonds. The molecule has 3 heteroatoms. The minimum absolute atomic E-state index is 0.222. The van der Waals surface area contributed by atoms with Gasteiger partial charge in [-0.3, -0.25) is 4.79 Å². The average Bonchev–Trinajstić information content (AvgIpc) is 2.18. The number of carbonyl (C=O) groups excluding carboxylic acids is 1. The van der Waals surface area contributed by atoms with Gasteiger partial charge in [0, 0.05) is 26.2 Å². The highest BCUT2D eigenvalue weighted by molar-refractivity contribution is 5.73. The minimum atomic E-state index is -0.222. The Morgan fingerprint density at radius 2 is 1.87 bits per heavy atom. The molecule has 0 radical (unpaired) electrons. The van der Waals surface area contributed by atoms with Gasteiger partial charge < -0.3 is 10.6 Å². The molecule has 0 aliphatic heterocycles. The Morgan fingerprint density at radius 3 is 2.33 bits per heavy atom. The van der Waals surface area contributed by atoms with E-state index in [1.807, 2.05) is 14.1 Å². The van der Waals surface area contributed by atoms with Crippen LogP contribution >= 0.6 is 0 Å². The lowest BCUT2D eigenvalue weighted by Gasteiger charge is -2.12. The van der Waals surface area contributed by atoms with E-state index < -0.39 is 0 Å². The number of anilines is 1. The van der Waals surface area contributed by atoms with E-state index in [1.54, 1.807) is 0 Å². The van der Waals surface area contributed by atoms with Crippen LogP contribution < -0.4 is 10.6 Å². The van der Waals surface area contributed by atoms with Crippen molar-refractivity contribution in [3.8, 4) is 0 Å². The van der Waals surface area contributed by atoms with Crippen LogP contribution in [-0.4, -0.2) is 20.0 Å². The minimum Gasteiger partial charge on any atom is -0.378 e. The maximum atomic E-state index is 10.5. The number of aryl methyl sites for hydroxylation is 1. The third kappa shape index (κ3) is 4.02. The SMILES string of the molecule is CN(C)c1ccc(CCCC(N)=O)cc1. The normalized spacial score (nSPS) is 10.0. The summed E-state index contributed by atoms with van der Waals surface area (Å²) < 4.78 is 0. The van der Waals surface area contributed by atoms with Crippen molar-refractivity contribution in [2.75, 3.05) is 19.0 Å². The van der Waals surface area contributed by atoms with Crippen molar-refractivity contribution in [1.82, 2.24) is 0 Å². The summed E-state index contributed by atoms with van der Waals surface area (Å²) >= 11 is 0. The molecule has 0 bridgehead atoms. The second kappa shape index (κ2) is 5.39. The highest BCUT2D eigenvalue weighted by Crippen LogP contribution is 2.13. The summed E-state index contributed by atoms with van der Waals surface area (Å²) in [7, 11) is 4.03. The van der Waals surface area contributed by atoms with E-state index in [-0.39, 0.29) is 5.91 Å². The number of benzene rings is 1. The summed E-state index contributed by atoms with van der Waals surface area (Å²) in [4.78, 5) is 12.6. The number of hydrogen-bond donors (Lipinski definition) is 1. The van der Waals surface area contributed by atoms with Gasteiger partial charge in [0.15, 0.2) is 0 Å². The standard InChI is InChI=1S/C12H18N2O/c1-14(2)11-8-6-10(7-9-11)4-3-5-12(13)15/h6-9H,3-5H2,1-2H3,(H2,13,15). The number of rotatable bonds is 5. The number of amides is 1. The Bertz CT molecular complexity index is 317. The van der Waals surface area contributed by atoms with Crippen molar-refractivity contribution < 1.29 is 4.79 Å². The van der Waals surface area contributed by atoms with Gasteiger partial charge in [-0.2, -0.15) is 0 Å². The van der Waals surface area contributed by atoms with E-state index in [4.69, 9.17) is 5.73 Å². The van der Waals surface area contributed by atoms with Gasteiger partial charge in [-0.25, -0.2) is 0 Å². The molecule has 0 aromatic heterocycles. The molecular formula is C12H18N2O. The molecule has 3 nitrogen and oxygen atoms in total. The summed E-state index contributed by atoms with van der Waals surface area (Å²) in [6.45, 7) is 0. The summed E-state index contributed by atoms with van der Waals surface area (Å²) in [5.74, 6) is -0.222. The van der Waals surface area contributed by atoms with Crippen molar-refractivity contribution in [3.63, 3.8) is 0 Å². The van der Waals surface area contributed by atoms with Gasteiger partial charge in [0.25, 0.3) is 0 Å². The first kappa shape index (κ1) is 11.6. The molecule has 0 heterocycles. The third-order valence-electron chi connectivity index (χ3n) is 2.34. The van der Waals surface area contributed by atoms with E-state index in [0.717, 1.165) is 12.8 Å². The van der Waals surface area contributed by atoms with E-state index in [2.05, 4.69) is 29.2 Å². The molecule has 0 saturated heterocycles. The molecule has 0 saturated carbocycles. The Kier molecular flexibility index (Phi) is 4.16. The Hall–Kier alpha value is -1.51. The van der Waals surface area contributed by atoms with Crippen LogP contribution in [0.15, 0.2) is 24.3 Å². The lowest BCUT2D eigenvalue weighted by molar-refractivity contribution is -0.118. The van der Waals surface area contributed by atoms with Crippen LogP contribution in [0.1, 0.15) is 18.4 Å². The van der Waals surface area contributed by atoms with E-state index in [1.165, 1.54) is 11.3 Å². The van der Waals surface area contributed by atoms with Crippen LogP contribution in [-0.2, 0) is 11.2 Å². The fourth-order valence-corrected chi connectivity index (χ4v) is 1.43. The van der Waals surface area contributed by atoms with Gasteiger partial charge in [-0.05, 0) is 30.5 Å². The second-order valence-corrected chi connectivity index (χ2v) is 3.88. The van der Waals surface area contributed by atoms with Crippen LogP contribution in [0.5, 0.6) is 0 Å². The molecule has 2 N–H and O–H groups in total. The number of hydrogen-bond acceptors (Lipinski definition) is 2. The van der Waals surface area contributed by atoms with Gasteiger partial charge in [0.1, 0.15) is 0 Å². The second-order valence-electron chi connectivity index (χ2n) is 3.88. The van der Waals surface area contributed by atoms with E-state index in [0.29, 0.717) is 6.42 Å². The van der Waals surface area contributed by atoms with Gasteiger partial charge in [0.2, 0.25) is 5.91 Å². The van der Waals surface area contributed by atoms with Crippen LogP contribution in [0, 0.1) is 0 Å². The van der Waals surface area contributed by atoms with Gasteiger partial charge in [-0.15, -0.1) is 0 Å². The maximum absolute atomic E-state index is 10.5. The zero-order chi connectivity index (χ0) is 11.3. The monoisotopic (exact) mass is 206 g/mol. The fraction of sp³-hybridized carbons (Fsp3) is 0.417. The van der Waals surface area contributed by atoms with Crippen molar-refractivity contribution in [2.24, 2.45) is 5.73 Å². The van der Waals surface area contributed by atoms with Gasteiger partial charge >= 0.3 is 0 Å². The number of nitrogens with zero attached hydrogens (tertiary/aromatic N) is 1. The Labute approximate surface area is 90.9 Å². The van der Waals surface area contributed by atoms with Crippen molar-refractivity contribution in [3.05, 3.63) is 29.8 Å². The predicted octanol–water partition coefficient (Wildman–Crippen LogP) is 1.56. The fourth-order valence-electron chi connectivity index (χ4n) is 1.43. The molecular weight excluding hydrogens is 188 g/mol. The van der Waals surface area contributed by atoms with Gasteiger partial charge in [-0.1, -0.05) is 12.1 Å². The largest absolute Gasteiger partial charge is 0.378 e. The molecule has 1 rings (SSSR count). The van der Waals surface area contributed by atoms with Crippen LogP contribution in [0.2, 0.25) is 0 Å². The summed E-state index contributed by atoms with van der Waals surface area (Å²) in [5.41, 5.74) is 7.52. The molecule has 0 spiro atoms. The molecule has 0 atom stereocenters. The highest BCUT2D eigenvalue weighted by atomic mass is 16.1. The quantitative estimate of drug-likeness (QED) is 0.794. The molecule has 82 valence electrons. The molecule has 0 unspecified atom stereocenters. The summed E-state index contributed by atoms with van der Waals surface area (Å²) in [5, 5.41) is 0. The van der Waals surface area contributed by atoms with E-state index in [9.17, 15) is 4.79 Å². The lowest BCUT2D eigenvalue weighted by atomic mass is 10.1. The first-order chi connectivity index (χ1) is 7.09. The highest BCUT2D eigenvalue weighted by Gasteiger charge is 1.98. The molecule has 1 aromatic rings. The van der Waals surface area contributed by atoms with Crippen molar-refractivity contribution in [2.45, 2.75) is 19.3 Å². The molecule has 0 aliphatic rings. The summed E-state index contributed by atoms with van der Waals surface area (Å²) in [6.07, 6.45) is 2.21. The first-order valence-electron chi connectivity index (χ1n) is 5.14. The average molecular weight is 206 g/mol. The summed E-state index contributed by atoms with van der Waals surface area (Å²) in [6, 6.07) is 8.35. The zero-order valence-electron chi connectivity index (χ0n) is 9.36. The molecule has 0 fully saturated rings. The maximum Gasteiger partial charge on any atom is 0.217 e. The Morgan fingerprint density at radius 1 is 1.27 bits per heavy atom. The van der Waals surface area contributed by atoms with Crippen LogP contribution in [0.3, 0.4) is 0 Å². The molecule has 15 heavy (non-hydrogen) atoms. The number of primary amides is 1. The smallest absolute Gasteiger partial charge is 0.217 e. The first-order valence-corrected chi connectivity index (χ1v) is 5.14. The van der Waals surface area contributed by atoms with Crippen molar-refractivity contribution >= 4 is 11.6 Å².